The normalized spacial score (nSPS) is 30.8. The summed E-state index contributed by atoms with van der Waals surface area (Å²) >= 11 is 0. The molecule has 3 aliphatic rings. The number of halogens is 1. The summed E-state index contributed by atoms with van der Waals surface area (Å²) in [6.45, 7) is 2.91. The van der Waals surface area contributed by atoms with Crippen molar-refractivity contribution in [2.75, 3.05) is 13.7 Å². The molecule has 2 saturated carbocycles. The minimum atomic E-state index is -0.320. The van der Waals surface area contributed by atoms with Gasteiger partial charge < -0.3 is 9.64 Å². The molecule has 1 aromatic rings. The molecule has 0 radical (unpaired) electrons. The Morgan fingerprint density at radius 3 is 2.75 bits per heavy atom. The number of likely N-dealkylation sites (tertiary alicyclic amines) is 1. The summed E-state index contributed by atoms with van der Waals surface area (Å²) < 4.78 is 19.0. The maximum Gasteiger partial charge on any atom is 0.226 e. The van der Waals surface area contributed by atoms with Gasteiger partial charge >= 0.3 is 0 Å². The van der Waals surface area contributed by atoms with Crippen LogP contribution in [0, 0.1) is 17.2 Å². The van der Waals surface area contributed by atoms with Gasteiger partial charge in [0.15, 0.2) is 11.6 Å². The molecule has 1 saturated heterocycles. The van der Waals surface area contributed by atoms with Crippen LogP contribution in [0.15, 0.2) is 18.2 Å². The van der Waals surface area contributed by atoms with Gasteiger partial charge in [-0.25, -0.2) is 4.39 Å². The fourth-order valence-corrected chi connectivity index (χ4v) is 5.09. The van der Waals surface area contributed by atoms with Gasteiger partial charge in [-0.2, -0.15) is 0 Å². The largest absolute Gasteiger partial charge is 0.494 e. The first-order valence-corrected chi connectivity index (χ1v) is 9.20. The Morgan fingerprint density at radius 1 is 1.29 bits per heavy atom. The lowest BCUT2D eigenvalue weighted by molar-refractivity contribution is -0.137. The SMILES string of the molecule is COc1ccc(C2CCN(C(=O)C3CCCC34CC4)C2C)cc1F. The molecular weight excluding hydrogens is 305 g/mol. The summed E-state index contributed by atoms with van der Waals surface area (Å²) in [5.41, 5.74) is 1.32. The maximum absolute atomic E-state index is 14.0. The predicted octanol–water partition coefficient (Wildman–Crippen LogP) is 4.12. The lowest BCUT2D eigenvalue weighted by Gasteiger charge is -2.30. The van der Waals surface area contributed by atoms with Crippen molar-refractivity contribution >= 4 is 5.91 Å². The molecule has 0 bridgehead atoms. The van der Waals surface area contributed by atoms with Crippen molar-refractivity contribution in [3.63, 3.8) is 0 Å². The zero-order chi connectivity index (χ0) is 16.9. The second-order valence-corrected chi connectivity index (χ2v) is 7.87. The number of carbonyl (C=O) groups is 1. The molecule has 3 atom stereocenters. The van der Waals surface area contributed by atoms with Crippen LogP contribution in [0.1, 0.15) is 56.9 Å². The highest BCUT2D eigenvalue weighted by molar-refractivity contribution is 5.81. The van der Waals surface area contributed by atoms with E-state index in [1.54, 1.807) is 12.1 Å². The zero-order valence-corrected chi connectivity index (χ0v) is 14.6. The summed E-state index contributed by atoms with van der Waals surface area (Å²) in [7, 11) is 1.48. The van der Waals surface area contributed by atoms with Gasteiger partial charge in [-0.1, -0.05) is 12.5 Å². The van der Waals surface area contributed by atoms with Gasteiger partial charge in [0.05, 0.1) is 7.11 Å². The van der Waals surface area contributed by atoms with Crippen molar-refractivity contribution in [2.45, 2.75) is 57.4 Å². The van der Waals surface area contributed by atoms with Crippen molar-refractivity contribution in [3.8, 4) is 5.75 Å². The molecule has 1 aliphatic heterocycles. The summed E-state index contributed by atoms with van der Waals surface area (Å²) in [6.07, 6.45) is 6.88. The molecule has 0 N–H and O–H groups in total. The molecule has 4 heteroatoms. The van der Waals surface area contributed by atoms with Crippen LogP contribution in [0.25, 0.3) is 0 Å². The number of carbonyl (C=O) groups excluding carboxylic acids is 1. The molecule has 3 nitrogen and oxygen atoms in total. The monoisotopic (exact) mass is 331 g/mol. The first kappa shape index (κ1) is 15.9. The molecule has 3 fully saturated rings. The lowest BCUT2D eigenvalue weighted by atomic mass is 9.90. The van der Waals surface area contributed by atoms with Gasteiger partial charge in [0.1, 0.15) is 0 Å². The van der Waals surface area contributed by atoms with E-state index in [0.29, 0.717) is 11.3 Å². The molecule has 1 aromatic carbocycles. The van der Waals surface area contributed by atoms with E-state index in [0.717, 1.165) is 24.9 Å². The van der Waals surface area contributed by atoms with E-state index in [2.05, 4.69) is 11.8 Å². The van der Waals surface area contributed by atoms with Gasteiger partial charge in [-0.05, 0) is 62.1 Å². The van der Waals surface area contributed by atoms with Crippen molar-refractivity contribution in [2.24, 2.45) is 11.3 Å². The number of ether oxygens (including phenoxy) is 1. The lowest BCUT2D eigenvalue weighted by Crippen LogP contribution is -2.41. The van der Waals surface area contributed by atoms with Crippen LogP contribution in [-0.4, -0.2) is 30.5 Å². The van der Waals surface area contributed by atoms with E-state index in [-0.39, 0.29) is 29.4 Å². The van der Waals surface area contributed by atoms with Crippen molar-refractivity contribution in [3.05, 3.63) is 29.6 Å². The van der Waals surface area contributed by atoms with E-state index in [4.69, 9.17) is 4.74 Å². The first-order valence-electron chi connectivity index (χ1n) is 9.20. The molecule has 130 valence electrons. The number of hydrogen-bond donors (Lipinski definition) is 0. The van der Waals surface area contributed by atoms with Crippen LogP contribution in [0.5, 0.6) is 5.75 Å². The van der Waals surface area contributed by atoms with E-state index >= 15 is 0 Å². The average Bonchev–Trinajstić information content (AvgIpc) is 3.05. The fraction of sp³-hybridized carbons (Fsp3) is 0.650. The van der Waals surface area contributed by atoms with E-state index in [1.807, 2.05) is 6.07 Å². The van der Waals surface area contributed by atoms with Crippen LogP contribution in [0.4, 0.5) is 4.39 Å². The molecule has 3 unspecified atom stereocenters. The van der Waals surface area contributed by atoms with E-state index in [9.17, 15) is 9.18 Å². The first-order chi connectivity index (χ1) is 11.6. The third kappa shape index (κ3) is 2.42. The molecule has 2 aliphatic carbocycles. The van der Waals surface area contributed by atoms with Crippen molar-refractivity contribution in [1.82, 2.24) is 4.90 Å². The highest BCUT2D eigenvalue weighted by Gasteiger charge is 2.56. The number of rotatable bonds is 3. The smallest absolute Gasteiger partial charge is 0.226 e. The molecule has 24 heavy (non-hydrogen) atoms. The molecule has 1 amide bonds. The Balaban J connectivity index is 1.51. The minimum Gasteiger partial charge on any atom is -0.494 e. The summed E-state index contributed by atoms with van der Waals surface area (Å²) in [5, 5.41) is 0. The van der Waals surface area contributed by atoms with Crippen LogP contribution in [-0.2, 0) is 4.79 Å². The molecule has 4 rings (SSSR count). The number of benzene rings is 1. The topological polar surface area (TPSA) is 29.5 Å². The van der Waals surface area contributed by atoms with Gasteiger partial charge in [-0.3, -0.25) is 4.79 Å². The average molecular weight is 331 g/mol. The van der Waals surface area contributed by atoms with Crippen molar-refractivity contribution in [1.29, 1.82) is 0 Å². The van der Waals surface area contributed by atoms with Crippen LogP contribution in [0.2, 0.25) is 0 Å². The quantitative estimate of drug-likeness (QED) is 0.834. The van der Waals surface area contributed by atoms with Crippen LogP contribution >= 0.6 is 0 Å². The molecule has 1 heterocycles. The molecular formula is C20H26FNO2. The third-order valence-electron chi connectivity index (χ3n) is 6.74. The second kappa shape index (κ2) is 5.75. The van der Waals surface area contributed by atoms with E-state index < -0.39 is 0 Å². The third-order valence-corrected chi connectivity index (χ3v) is 6.74. The standard InChI is InChI=1S/C20H26FNO2/c1-13-15(14-5-6-18(24-2)17(21)12-14)7-11-22(13)19(23)16-4-3-8-20(16)9-10-20/h5-6,12-13,15-16H,3-4,7-11H2,1-2H3. The van der Waals surface area contributed by atoms with E-state index in [1.165, 1.54) is 32.8 Å². The van der Waals surface area contributed by atoms with Crippen LogP contribution < -0.4 is 4.74 Å². The molecule has 0 aromatic heterocycles. The van der Waals surface area contributed by atoms with Crippen LogP contribution in [0.3, 0.4) is 0 Å². The second-order valence-electron chi connectivity index (χ2n) is 7.87. The number of nitrogens with zero attached hydrogens (tertiary/aromatic N) is 1. The fourth-order valence-electron chi connectivity index (χ4n) is 5.09. The predicted molar refractivity (Wildman–Crippen MR) is 90.5 cm³/mol. The Hall–Kier alpha value is -1.58. The van der Waals surface area contributed by atoms with Gasteiger partial charge in [0.2, 0.25) is 5.91 Å². The minimum absolute atomic E-state index is 0.140. The van der Waals surface area contributed by atoms with Gasteiger partial charge in [0.25, 0.3) is 0 Å². The molecule has 1 spiro atoms. The summed E-state index contributed by atoms with van der Waals surface area (Å²) in [5.74, 6) is 0.768. The Bertz CT molecular complexity index is 655. The number of amides is 1. The zero-order valence-electron chi connectivity index (χ0n) is 14.6. The highest BCUT2D eigenvalue weighted by Crippen LogP contribution is 2.62. The Kier molecular flexibility index (Phi) is 3.81. The van der Waals surface area contributed by atoms with Crippen molar-refractivity contribution < 1.29 is 13.9 Å². The maximum atomic E-state index is 14.0. The Morgan fingerprint density at radius 2 is 2.08 bits per heavy atom. The number of methoxy groups -OCH3 is 1. The highest BCUT2D eigenvalue weighted by atomic mass is 19.1. The Labute approximate surface area is 143 Å². The van der Waals surface area contributed by atoms with Gasteiger partial charge in [-0.15, -0.1) is 0 Å². The van der Waals surface area contributed by atoms with Gasteiger partial charge in [0, 0.05) is 24.4 Å². The summed E-state index contributed by atoms with van der Waals surface area (Å²) in [6, 6.07) is 5.35. The summed E-state index contributed by atoms with van der Waals surface area (Å²) in [4.78, 5) is 15.2. The number of hydrogen-bond acceptors (Lipinski definition) is 2.